The van der Waals surface area contributed by atoms with Gasteiger partial charge < -0.3 is 21.1 Å². The number of nitrogens with zero attached hydrogens (tertiary/aromatic N) is 1. The number of nitrogen functional groups attached to an aromatic ring is 1. The molecule has 6 nitrogen and oxygen atoms in total. The highest BCUT2D eigenvalue weighted by atomic mass is 32.1. The van der Waals surface area contributed by atoms with Crippen LogP contribution in [0.25, 0.3) is 0 Å². The van der Waals surface area contributed by atoms with Crippen molar-refractivity contribution in [1.82, 2.24) is 10.3 Å². The van der Waals surface area contributed by atoms with Crippen LogP contribution in [0.2, 0.25) is 0 Å². The van der Waals surface area contributed by atoms with Gasteiger partial charge in [0.2, 0.25) is 0 Å². The molecule has 0 aromatic carbocycles. The van der Waals surface area contributed by atoms with Crippen LogP contribution in [0.15, 0.2) is 0 Å². The van der Waals surface area contributed by atoms with Gasteiger partial charge in [-0.15, -0.1) is 0 Å². The maximum Gasteiger partial charge on any atom is 0.265 e. The SMILES string of the molecule is CCNc1nc(N)c(C(=O)NC2CC3CCC2O3)s1. The van der Waals surface area contributed by atoms with Crippen molar-refractivity contribution in [2.24, 2.45) is 0 Å². The van der Waals surface area contributed by atoms with Crippen molar-refractivity contribution in [3.05, 3.63) is 4.88 Å². The molecule has 3 rings (SSSR count). The van der Waals surface area contributed by atoms with E-state index in [4.69, 9.17) is 10.5 Å². The minimum atomic E-state index is -0.139. The van der Waals surface area contributed by atoms with Gasteiger partial charge in [-0.2, -0.15) is 0 Å². The zero-order valence-corrected chi connectivity index (χ0v) is 11.6. The third-order valence-corrected chi connectivity index (χ3v) is 4.64. The molecule has 0 radical (unpaired) electrons. The fourth-order valence-electron chi connectivity index (χ4n) is 2.75. The Labute approximate surface area is 115 Å². The van der Waals surface area contributed by atoms with E-state index in [2.05, 4.69) is 15.6 Å². The van der Waals surface area contributed by atoms with Crippen molar-refractivity contribution in [3.8, 4) is 0 Å². The summed E-state index contributed by atoms with van der Waals surface area (Å²) in [6, 6.07) is 0.121. The van der Waals surface area contributed by atoms with Gasteiger partial charge in [-0.25, -0.2) is 4.98 Å². The molecule has 1 aromatic rings. The molecule has 0 spiro atoms. The van der Waals surface area contributed by atoms with Gasteiger partial charge in [0, 0.05) is 6.54 Å². The average Bonchev–Trinajstić information content (AvgIpc) is 3.05. The van der Waals surface area contributed by atoms with Gasteiger partial charge in [-0.3, -0.25) is 4.79 Å². The van der Waals surface area contributed by atoms with Crippen molar-refractivity contribution < 1.29 is 9.53 Å². The number of carbonyl (C=O) groups excluding carboxylic acids is 1. The van der Waals surface area contributed by atoms with E-state index in [0.717, 1.165) is 25.8 Å². The van der Waals surface area contributed by atoms with E-state index < -0.39 is 0 Å². The number of nitrogens with one attached hydrogen (secondary N) is 2. The largest absolute Gasteiger partial charge is 0.382 e. The third kappa shape index (κ3) is 2.40. The number of anilines is 2. The number of thiazole rings is 1. The van der Waals surface area contributed by atoms with E-state index >= 15 is 0 Å². The molecule has 2 aliphatic heterocycles. The smallest absolute Gasteiger partial charge is 0.265 e. The summed E-state index contributed by atoms with van der Waals surface area (Å²) in [7, 11) is 0. The number of rotatable bonds is 4. The highest BCUT2D eigenvalue weighted by Crippen LogP contribution is 2.35. The zero-order chi connectivity index (χ0) is 13.4. The standard InChI is InChI=1S/C12H18N4O2S/c1-2-14-12-16-10(13)9(19-12)11(17)15-7-5-6-3-4-8(7)18-6/h6-8H,2-5,13H2,1H3,(H,14,16)(H,15,17). The van der Waals surface area contributed by atoms with Crippen LogP contribution < -0.4 is 16.4 Å². The fraction of sp³-hybridized carbons (Fsp3) is 0.667. The molecule has 3 atom stereocenters. The van der Waals surface area contributed by atoms with E-state index in [9.17, 15) is 4.79 Å². The van der Waals surface area contributed by atoms with Crippen molar-refractivity contribution in [1.29, 1.82) is 0 Å². The average molecular weight is 282 g/mol. The normalized spacial score (nSPS) is 28.6. The van der Waals surface area contributed by atoms with Gasteiger partial charge in [0.1, 0.15) is 10.7 Å². The van der Waals surface area contributed by atoms with Crippen molar-refractivity contribution >= 4 is 28.2 Å². The summed E-state index contributed by atoms with van der Waals surface area (Å²) in [5.74, 6) is 0.155. The van der Waals surface area contributed by atoms with E-state index in [1.165, 1.54) is 11.3 Å². The lowest BCUT2D eigenvalue weighted by Gasteiger charge is -2.19. The number of amides is 1. The van der Waals surface area contributed by atoms with Crippen LogP contribution in [0.4, 0.5) is 10.9 Å². The van der Waals surface area contributed by atoms with Crippen LogP contribution >= 0.6 is 11.3 Å². The number of ether oxygens (including phenoxy) is 1. The van der Waals surface area contributed by atoms with Gasteiger partial charge in [-0.05, 0) is 26.2 Å². The molecule has 1 amide bonds. The first-order chi connectivity index (χ1) is 9.17. The fourth-order valence-corrected chi connectivity index (χ4v) is 3.60. The third-order valence-electron chi connectivity index (χ3n) is 3.61. The number of fused-ring (bicyclic) bond motifs is 2. The second kappa shape index (κ2) is 4.97. The molecule has 1 aromatic heterocycles. The summed E-state index contributed by atoms with van der Waals surface area (Å²) in [4.78, 5) is 16.8. The van der Waals surface area contributed by atoms with E-state index in [-0.39, 0.29) is 18.1 Å². The van der Waals surface area contributed by atoms with E-state index in [1.807, 2.05) is 6.92 Å². The summed E-state index contributed by atoms with van der Waals surface area (Å²) in [5, 5.41) is 6.78. The summed E-state index contributed by atoms with van der Waals surface area (Å²) < 4.78 is 5.73. The highest BCUT2D eigenvalue weighted by molar-refractivity contribution is 7.18. The number of hydrogen-bond acceptors (Lipinski definition) is 6. The Kier molecular flexibility index (Phi) is 3.32. The molecule has 104 valence electrons. The van der Waals surface area contributed by atoms with E-state index in [1.54, 1.807) is 0 Å². The van der Waals surface area contributed by atoms with Gasteiger partial charge in [0.25, 0.3) is 5.91 Å². The van der Waals surface area contributed by atoms with Gasteiger partial charge in [-0.1, -0.05) is 11.3 Å². The molecule has 0 saturated carbocycles. The molecule has 7 heteroatoms. The summed E-state index contributed by atoms with van der Waals surface area (Å²) in [6.07, 6.45) is 3.57. The predicted molar refractivity (Wildman–Crippen MR) is 74.5 cm³/mol. The minimum absolute atomic E-state index is 0.121. The number of carbonyl (C=O) groups is 1. The maximum atomic E-state index is 12.2. The molecule has 2 saturated heterocycles. The lowest BCUT2D eigenvalue weighted by Crippen LogP contribution is -2.41. The summed E-state index contributed by atoms with van der Waals surface area (Å²) >= 11 is 1.30. The molecular formula is C12H18N4O2S. The summed E-state index contributed by atoms with van der Waals surface area (Å²) in [5.41, 5.74) is 5.79. The second-order valence-electron chi connectivity index (χ2n) is 4.95. The molecule has 3 heterocycles. The topological polar surface area (TPSA) is 89.3 Å². The molecule has 2 bridgehead atoms. The molecule has 2 aliphatic rings. The van der Waals surface area contributed by atoms with Gasteiger partial charge in [0.05, 0.1) is 18.2 Å². The quantitative estimate of drug-likeness (QED) is 0.772. The van der Waals surface area contributed by atoms with Gasteiger partial charge >= 0.3 is 0 Å². The molecule has 4 N–H and O–H groups in total. The zero-order valence-electron chi connectivity index (χ0n) is 10.8. The Morgan fingerprint density at radius 1 is 1.58 bits per heavy atom. The lowest BCUT2D eigenvalue weighted by atomic mass is 9.95. The van der Waals surface area contributed by atoms with Crippen molar-refractivity contribution in [3.63, 3.8) is 0 Å². The minimum Gasteiger partial charge on any atom is -0.382 e. The van der Waals surface area contributed by atoms with Crippen LogP contribution in [-0.4, -0.2) is 35.7 Å². The first-order valence-corrected chi connectivity index (χ1v) is 7.45. The van der Waals surface area contributed by atoms with Crippen molar-refractivity contribution in [2.45, 2.75) is 44.4 Å². The Bertz CT molecular complexity index is 490. The lowest BCUT2D eigenvalue weighted by molar-refractivity contribution is 0.0844. The van der Waals surface area contributed by atoms with Crippen LogP contribution in [0.1, 0.15) is 35.9 Å². The maximum absolute atomic E-state index is 12.2. The Morgan fingerprint density at radius 3 is 3.05 bits per heavy atom. The Hall–Kier alpha value is -1.34. The predicted octanol–water partition coefficient (Wildman–Crippen LogP) is 1.21. The number of aromatic nitrogens is 1. The summed E-state index contributed by atoms with van der Waals surface area (Å²) in [6.45, 7) is 2.73. The first kappa shape index (κ1) is 12.7. The number of nitrogens with two attached hydrogens (primary N) is 1. The van der Waals surface area contributed by atoms with Crippen LogP contribution in [0.3, 0.4) is 0 Å². The number of hydrogen-bond donors (Lipinski definition) is 3. The monoisotopic (exact) mass is 282 g/mol. The molecule has 3 unspecified atom stereocenters. The van der Waals surface area contributed by atoms with Crippen molar-refractivity contribution in [2.75, 3.05) is 17.6 Å². The highest BCUT2D eigenvalue weighted by Gasteiger charge is 2.41. The molecule has 19 heavy (non-hydrogen) atoms. The first-order valence-electron chi connectivity index (χ1n) is 6.64. The van der Waals surface area contributed by atoms with Crippen LogP contribution in [0.5, 0.6) is 0 Å². The van der Waals surface area contributed by atoms with E-state index in [0.29, 0.717) is 21.9 Å². The van der Waals surface area contributed by atoms with Crippen LogP contribution in [0, 0.1) is 0 Å². The molecular weight excluding hydrogens is 264 g/mol. The second-order valence-corrected chi connectivity index (χ2v) is 5.95. The Morgan fingerprint density at radius 2 is 2.42 bits per heavy atom. The molecule has 0 aliphatic carbocycles. The molecule has 2 fully saturated rings. The Balaban J connectivity index is 1.67. The van der Waals surface area contributed by atoms with Crippen LogP contribution in [-0.2, 0) is 4.74 Å². The van der Waals surface area contributed by atoms with Gasteiger partial charge in [0.15, 0.2) is 5.13 Å².